The number of aliphatic imine (C=N–C) groups is 1. The van der Waals surface area contributed by atoms with Gasteiger partial charge in [0.1, 0.15) is 5.82 Å². The summed E-state index contributed by atoms with van der Waals surface area (Å²) in [6.45, 7) is 6.39. The molecular weight excluding hydrogens is 504 g/mol. The van der Waals surface area contributed by atoms with E-state index in [0.29, 0.717) is 0 Å². The Hall–Kier alpha value is -0.930. The third-order valence-electron chi connectivity index (χ3n) is 7.65. The quantitative estimate of drug-likeness (QED) is 0.327. The van der Waals surface area contributed by atoms with Crippen molar-refractivity contribution in [2.45, 2.75) is 55.9 Å². The maximum absolute atomic E-state index is 14.3. The van der Waals surface area contributed by atoms with Gasteiger partial charge in [-0.05, 0) is 83.4 Å². The Balaban J connectivity index is 0.00000272. The molecule has 2 aliphatic heterocycles. The minimum Gasteiger partial charge on any atom is -0.356 e. The second-order valence-corrected chi connectivity index (χ2v) is 9.61. The molecule has 3 fully saturated rings. The topological polar surface area (TPSA) is 42.9 Å². The molecule has 2 saturated heterocycles. The molecule has 174 valence electrons. The summed E-state index contributed by atoms with van der Waals surface area (Å²) >= 11 is 0. The van der Waals surface area contributed by atoms with E-state index in [2.05, 4.69) is 32.5 Å². The van der Waals surface area contributed by atoms with Crippen LogP contribution in [0.15, 0.2) is 29.3 Å². The second kappa shape index (κ2) is 10.8. The third kappa shape index (κ3) is 5.71. The minimum atomic E-state index is -0.0878. The molecule has 4 rings (SSSR count). The van der Waals surface area contributed by atoms with Crippen LogP contribution in [-0.4, -0.2) is 74.7 Å². The Morgan fingerprint density at radius 3 is 2.23 bits per heavy atom. The van der Waals surface area contributed by atoms with Gasteiger partial charge >= 0.3 is 0 Å². The fourth-order valence-electron chi connectivity index (χ4n) is 5.31. The second-order valence-electron chi connectivity index (χ2n) is 9.61. The first-order chi connectivity index (χ1) is 14.6. The van der Waals surface area contributed by atoms with Crippen molar-refractivity contribution in [2.75, 3.05) is 53.4 Å². The molecule has 1 aliphatic carbocycles. The first-order valence-corrected chi connectivity index (χ1v) is 11.7. The van der Waals surface area contributed by atoms with Gasteiger partial charge in [-0.2, -0.15) is 0 Å². The summed E-state index contributed by atoms with van der Waals surface area (Å²) in [5.74, 6) is 0.753. The predicted molar refractivity (Wildman–Crippen MR) is 137 cm³/mol. The monoisotopic (exact) mass is 543 g/mol. The zero-order chi connectivity index (χ0) is 21.0. The molecule has 2 N–H and O–H groups in total. The van der Waals surface area contributed by atoms with Gasteiger partial charge in [-0.25, -0.2) is 4.39 Å². The molecular formula is C24H39FIN5. The number of likely N-dealkylation sites (tertiary alicyclic amines) is 2. The molecule has 1 aromatic carbocycles. The van der Waals surface area contributed by atoms with Crippen molar-refractivity contribution >= 4 is 29.9 Å². The van der Waals surface area contributed by atoms with Crippen LogP contribution >= 0.6 is 24.0 Å². The molecule has 0 amide bonds. The molecule has 0 spiro atoms. The van der Waals surface area contributed by atoms with Gasteiger partial charge in [0, 0.05) is 31.1 Å². The highest BCUT2D eigenvalue weighted by Crippen LogP contribution is 2.48. The Morgan fingerprint density at radius 1 is 0.968 bits per heavy atom. The maximum Gasteiger partial charge on any atom is 0.191 e. The van der Waals surface area contributed by atoms with Crippen molar-refractivity contribution in [3.05, 3.63) is 35.6 Å². The van der Waals surface area contributed by atoms with Gasteiger partial charge in [-0.15, -0.1) is 24.0 Å². The predicted octanol–water partition coefficient (Wildman–Crippen LogP) is 3.59. The number of hydrogen-bond acceptors (Lipinski definition) is 3. The number of rotatable bonds is 6. The van der Waals surface area contributed by atoms with Crippen LogP contribution < -0.4 is 10.6 Å². The number of piperidine rings is 2. The van der Waals surface area contributed by atoms with Gasteiger partial charge in [0.05, 0.1) is 0 Å². The SMILES string of the molecule is CN=C(NCC1(c2ccccc2F)CC1)NCC1(N2CCCCC2)CCN(C)CC1.I. The van der Waals surface area contributed by atoms with Crippen LogP contribution in [0.1, 0.15) is 50.5 Å². The molecule has 1 aromatic rings. The molecule has 0 unspecified atom stereocenters. The Labute approximate surface area is 204 Å². The summed E-state index contributed by atoms with van der Waals surface area (Å²) in [5, 5.41) is 7.15. The largest absolute Gasteiger partial charge is 0.356 e. The molecule has 7 heteroatoms. The van der Waals surface area contributed by atoms with Crippen molar-refractivity contribution in [1.29, 1.82) is 0 Å². The highest BCUT2D eigenvalue weighted by molar-refractivity contribution is 14.0. The lowest BCUT2D eigenvalue weighted by molar-refractivity contribution is 0.0173. The first kappa shape index (κ1) is 24.7. The van der Waals surface area contributed by atoms with Crippen LogP contribution in [-0.2, 0) is 5.41 Å². The van der Waals surface area contributed by atoms with Crippen molar-refractivity contribution in [3.8, 4) is 0 Å². The molecule has 0 radical (unpaired) electrons. The van der Waals surface area contributed by atoms with Crippen LogP contribution in [0, 0.1) is 5.82 Å². The Kier molecular flexibility index (Phi) is 8.60. The first-order valence-electron chi connectivity index (χ1n) is 11.7. The molecule has 0 bridgehead atoms. The van der Waals surface area contributed by atoms with E-state index in [9.17, 15) is 4.39 Å². The van der Waals surface area contributed by atoms with Crippen LogP contribution in [0.4, 0.5) is 4.39 Å². The molecule has 0 atom stereocenters. The van der Waals surface area contributed by atoms with Crippen LogP contribution in [0.2, 0.25) is 0 Å². The van der Waals surface area contributed by atoms with Crippen LogP contribution in [0.25, 0.3) is 0 Å². The summed E-state index contributed by atoms with van der Waals surface area (Å²) in [6.07, 6.45) is 8.45. The maximum atomic E-state index is 14.3. The molecule has 5 nitrogen and oxygen atoms in total. The fraction of sp³-hybridized carbons (Fsp3) is 0.708. The zero-order valence-corrected chi connectivity index (χ0v) is 21.5. The van der Waals surface area contributed by atoms with E-state index < -0.39 is 0 Å². The van der Waals surface area contributed by atoms with E-state index in [0.717, 1.165) is 50.5 Å². The smallest absolute Gasteiger partial charge is 0.191 e. The number of nitrogens with zero attached hydrogens (tertiary/aromatic N) is 3. The summed E-state index contributed by atoms with van der Waals surface area (Å²) in [5.41, 5.74) is 0.974. The lowest BCUT2D eigenvalue weighted by atomic mass is 9.84. The lowest BCUT2D eigenvalue weighted by Crippen LogP contribution is -2.62. The van der Waals surface area contributed by atoms with Crippen LogP contribution in [0.5, 0.6) is 0 Å². The fourth-order valence-corrected chi connectivity index (χ4v) is 5.31. The van der Waals surface area contributed by atoms with Crippen molar-refractivity contribution in [3.63, 3.8) is 0 Å². The molecule has 1 saturated carbocycles. The van der Waals surface area contributed by atoms with E-state index >= 15 is 0 Å². The van der Waals surface area contributed by atoms with E-state index in [1.807, 2.05) is 19.2 Å². The number of nitrogens with one attached hydrogen (secondary N) is 2. The minimum absolute atomic E-state index is 0. The number of guanidine groups is 1. The van der Waals surface area contributed by atoms with Gasteiger partial charge < -0.3 is 15.5 Å². The van der Waals surface area contributed by atoms with Crippen molar-refractivity contribution in [2.24, 2.45) is 4.99 Å². The molecule has 3 aliphatic rings. The molecule has 31 heavy (non-hydrogen) atoms. The molecule has 0 aromatic heterocycles. The van der Waals surface area contributed by atoms with E-state index in [-0.39, 0.29) is 40.7 Å². The lowest BCUT2D eigenvalue weighted by Gasteiger charge is -2.50. The van der Waals surface area contributed by atoms with E-state index in [1.165, 1.54) is 45.2 Å². The van der Waals surface area contributed by atoms with E-state index in [4.69, 9.17) is 0 Å². The van der Waals surface area contributed by atoms with Gasteiger partial charge in [-0.3, -0.25) is 9.89 Å². The zero-order valence-electron chi connectivity index (χ0n) is 19.1. The highest BCUT2D eigenvalue weighted by Gasteiger charge is 2.46. The summed E-state index contributed by atoms with van der Waals surface area (Å²) in [6, 6.07) is 7.22. The third-order valence-corrected chi connectivity index (χ3v) is 7.65. The van der Waals surface area contributed by atoms with Crippen molar-refractivity contribution < 1.29 is 4.39 Å². The van der Waals surface area contributed by atoms with Gasteiger partial charge in [0.25, 0.3) is 0 Å². The standard InChI is InChI=1S/C24H38FN5.HI/c1-26-22(27-18-23(10-11-23)20-8-4-5-9-21(20)25)28-19-24(12-16-29(2)17-13-24)30-14-6-3-7-15-30;/h4-5,8-9H,3,6-7,10-19H2,1-2H3,(H2,26,27,28);1H. The number of hydrogen-bond donors (Lipinski definition) is 2. The highest BCUT2D eigenvalue weighted by atomic mass is 127. The van der Waals surface area contributed by atoms with Gasteiger partial charge in [0.2, 0.25) is 0 Å². The Bertz CT molecular complexity index is 737. The average Bonchev–Trinajstić information content (AvgIpc) is 3.57. The van der Waals surface area contributed by atoms with Crippen molar-refractivity contribution in [1.82, 2.24) is 20.4 Å². The number of halogens is 2. The van der Waals surface area contributed by atoms with Gasteiger partial charge in [-0.1, -0.05) is 24.6 Å². The van der Waals surface area contributed by atoms with Crippen LogP contribution in [0.3, 0.4) is 0 Å². The number of benzene rings is 1. The summed E-state index contributed by atoms with van der Waals surface area (Å²) in [4.78, 5) is 9.67. The summed E-state index contributed by atoms with van der Waals surface area (Å²) < 4.78 is 14.3. The summed E-state index contributed by atoms with van der Waals surface area (Å²) in [7, 11) is 4.06. The molecule has 2 heterocycles. The normalized spacial score (nSPS) is 23.6. The van der Waals surface area contributed by atoms with Gasteiger partial charge in [0.15, 0.2) is 5.96 Å². The van der Waals surface area contributed by atoms with E-state index in [1.54, 1.807) is 12.1 Å². The average molecular weight is 544 g/mol. The Morgan fingerprint density at radius 2 is 1.61 bits per heavy atom.